The van der Waals surface area contributed by atoms with Gasteiger partial charge in [-0.1, -0.05) is 19.1 Å². The van der Waals surface area contributed by atoms with Crippen molar-refractivity contribution in [2.45, 2.75) is 13.3 Å². The first-order chi connectivity index (χ1) is 11.0. The molecule has 1 heterocycles. The van der Waals surface area contributed by atoms with E-state index in [2.05, 4.69) is 5.32 Å². The largest absolute Gasteiger partial charge is 0.366 e. The number of hydrogen-bond donors (Lipinski definition) is 1. The van der Waals surface area contributed by atoms with Crippen LogP contribution in [-0.2, 0) is 14.4 Å². The van der Waals surface area contributed by atoms with Crippen molar-refractivity contribution in [1.29, 1.82) is 0 Å². The second-order valence-corrected chi connectivity index (χ2v) is 5.28. The number of nitrogens with one attached hydrogen (secondary N) is 1. The van der Waals surface area contributed by atoms with Crippen LogP contribution < -0.4 is 10.2 Å². The number of para-hydroxylation sites is 1. The highest BCUT2D eigenvalue weighted by atomic mass is 19.1. The third kappa shape index (κ3) is 4.28. The fourth-order valence-electron chi connectivity index (χ4n) is 2.43. The van der Waals surface area contributed by atoms with E-state index in [1.807, 2.05) is 4.90 Å². The van der Waals surface area contributed by atoms with Gasteiger partial charge in [-0.25, -0.2) is 4.39 Å². The monoisotopic (exact) mass is 321 g/mol. The molecule has 7 heteroatoms. The summed E-state index contributed by atoms with van der Waals surface area (Å²) in [6.45, 7) is 3.34. The second kappa shape index (κ2) is 7.71. The quantitative estimate of drug-likeness (QED) is 0.805. The van der Waals surface area contributed by atoms with Gasteiger partial charge in [-0.3, -0.25) is 14.4 Å². The van der Waals surface area contributed by atoms with Gasteiger partial charge in [0.2, 0.25) is 11.7 Å². The van der Waals surface area contributed by atoms with Crippen LogP contribution in [0.5, 0.6) is 0 Å². The van der Waals surface area contributed by atoms with E-state index in [0.717, 1.165) is 0 Å². The summed E-state index contributed by atoms with van der Waals surface area (Å²) in [5, 5.41) is 2.33. The van der Waals surface area contributed by atoms with Crippen LogP contribution in [-0.4, -0.2) is 55.2 Å². The highest BCUT2D eigenvalue weighted by Gasteiger charge is 2.23. The molecule has 0 spiro atoms. The first-order valence-corrected chi connectivity index (χ1v) is 7.61. The molecule has 1 aromatic carbocycles. The van der Waals surface area contributed by atoms with Crippen molar-refractivity contribution in [2.24, 2.45) is 0 Å². The minimum atomic E-state index is -0.731. The predicted octanol–water partition coefficient (Wildman–Crippen LogP) is 0.570. The maximum Gasteiger partial charge on any atom is 0.287 e. The zero-order chi connectivity index (χ0) is 16.8. The van der Waals surface area contributed by atoms with Crippen LogP contribution in [0.3, 0.4) is 0 Å². The van der Waals surface area contributed by atoms with Crippen molar-refractivity contribution in [3.63, 3.8) is 0 Å². The Balaban J connectivity index is 1.82. The van der Waals surface area contributed by atoms with Gasteiger partial charge in [-0.05, 0) is 12.1 Å². The molecule has 1 aliphatic rings. The lowest BCUT2D eigenvalue weighted by Gasteiger charge is -2.36. The second-order valence-electron chi connectivity index (χ2n) is 5.28. The van der Waals surface area contributed by atoms with Gasteiger partial charge in [0.25, 0.3) is 5.91 Å². The highest BCUT2D eigenvalue weighted by Crippen LogP contribution is 2.20. The lowest BCUT2D eigenvalue weighted by molar-refractivity contribution is -0.139. The Morgan fingerprint density at radius 2 is 1.78 bits per heavy atom. The fraction of sp³-hybridized carbons (Fsp3) is 0.438. The topological polar surface area (TPSA) is 69.7 Å². The van der Waals surface area contributed by atoms with E-state index in [1.165, 1.54) is 6.07 Å². The van der Waals surface area contributed by atoms with Gasteiger partial charge >= 0.3 is 0 Å². The maximum atomic E-state index is 13.7. The van der Waals surface area contributed by atoms with Gasteiger partial charge < -0.3 is 15.1 Å². The summed E-state index contributed by atoms with van der Waals surface area (Å²) < 4.78 is 13.7. The van der Waals surface area contributed by atoms with Crippen LogP contribution in [0.15, 0.2) is 24.3 Å². The first-order valence-electron chi connectivity index (χ1n) is 7.61. The zero-order valence-electron chi connectivity index (χ0n) is 13.0. The summed E-state index contributed by atoms with van der Waals surface area (Å²) in [5.74, 6) is -1.79. The number of ketones is 1. The molecule has 0 atom stereocenters. The van der Waals surface area contributed by atoms with Gasteiger partial charge in [0.05, 0.1) is 12.2 Å². The van der Waals surface area contributed by atoms with E-state index in [0.29, 0.717) is 31.9 Å². The zero-order valence-corrected chi connectivity index (χ0v) is 13.0. The number of nitrogens with zero attached hydrogens (tertiary/aromatic N) is 2. The Morgan fingerprint density at radius 1 is 1.13 bits per heavy atom. The number of rotatable bonds is 5. The van der Waals surface area contributed by atoms with Crippen molar-refractivity contribution in [1.82, 2.24) is 10.2 Å². The van der Waals surface area contributed by atoms with Crippen molar-refractivity contribution >= 4 is 23.3 Å². The molecule has 6 nitrogen and oxygen atoms in total. The number of carbonyl (C=O) groups is 3. The third-order valence-electron chi connectivity index (χ3n) is 3.80. The third-order valence-corrected chi connectivity index (χ3v) is 3.80. The number of benzene rings is 1. The summed E-state index contributed by atoms with van der Waals surface area (Å²) in [6, 6.07) is 6.53. The molecule has 1 saturated heterocycles. The molecular formula is C16H20FN3O3. The average molecular weight is 321 g/mol. The summed E-state index contributed by atoms with van der Waals surface area (Å²) in [5.41, 5.74) is 0.529. The van der Waals surface area contributed by atoms with Crippen molar-refractivity contribution < 1.29 is 18.8 Å². The van der Waals surface area contributed by atoms with Crippen LogP contribution >= 0.6 is 0 Å². The molecule has 1 N–H and O–H groups in total. The first kappa shape index (κ1) is 16.9. The summed E-state index contributed by atoms with van der Waals surface area (Å²) in [6.07, 6.45) is 0.112. The summed E-state index contributed by atoms with van der Waals surface area (Å²) >= 11 is 0. The van der Waals surface area contributed by atoms with Crippen LogP contribution in [0.1, 0.15) is 13.3 Å². The van der Waals surface area contributed by atoms with Crippen LogP contribution in [0, 0.1) is 5.82 Å². The summed E-state index contributed by atoms with van der Waals surface area (Å²) in [7, 11) is 0. The number of Topliss-reactive ketones (excluding diaryl/α,β-unsaturated/α-hetero) is 1. The molecule has 0 radical (unpaired) electrons. The Morgan fingerprint density at radius 3 is 2.39 bits per heavy atom. The molecule has 23 heavy (non-hydrogen) atoms. The van der Waals surface area contributed by atoms with E-state index >= 15 is 0 Å². The Kier molecular flexibility index (Phi) is 5.67. The Bertz CT molecular complexity index is 598. The normalized spacial score (nSPS) is 14.5. The smallest absolute Gasteiger partial charge is 0.287 e. The van der Waals surface area contributed by atoms with E-state index in [9.17, 15) is 18.8 Å². The maximum absolute atomic E-state index is 13.7. The molecule has 2 rings (SSSR count). The molecule has 2 amide bonds. The van der Waals surface area contributed by atoms with E-state index in [1.54, 1.807) is 30.0 Å². The molecule has 0 bridgehead atoms. The average Bonchev–Trinajstić information content (AvgIpc) is 2.59. The lowest BCUT2D eigenvalue weighted by Crippen LogP contribution is -2.51. The lowest BCUT2D eigenvalue weighted by atomic mass is 10.2. The fourth-order valence-corrected chi connectivity index (χ4v) is 2.43. The molecule has 1 fully saturated rings. The SMILES string of the molecule is CCC(=O)C(=O)NCC(=O)N1CCN(c2ccccc2F)CC1. The number of piperazine rings is 1. The Hall–Kier alpha value is -2.44. The van der Waals surface area contributed by atoms with E-state index in [4.69, 9.17) is 0 Å². The number of halogens is 1. The molecule has 0 unspecified atom stereocenters. The van der Waals surface area contributed by atoms with Crippen molar-refractivity contribution in [3.8, 4) is 0 Å². The Labute approximate surface area is 134 Å². The molecular weight excluding hydrogens is 301 g/mol. The van der Waals surface area contributed by atoms with Crippen LogP contribution in [0.2, 0.25) is 0 Å². The molecule has 0 aliphatic carbocycles. The number of carbonyl (C=O) groups excluding carboxylic acids is 3. The van der Waals surface area contributed by atoms with Crippen LogP contribution in [0.25, 0.3) is 0 Å². The van der Waals surface area contributed by atoms with Gasteiger partial charge in [0, 0.05) is 32.6 Å². The number of anilines is 1. The van der Waals surface area contributed by atoms with Gasteiger partial charge in [0.1, 0.15) is 5.82 Å². The van der Waals surface area contributed by atoms with Gasteiger partial charge in [-0.2, -0.15) is 0 Å². The van der Waals surface area contributed by atoms with Gasteiger partial charge in [0.15, 0.2) is 0 Å². The summed E-state index contributed by atoms with van der Waals surface area (Å²) in [4.78, 5) is 38.0. The predicted molar refractivity (Wildman–Crippen MR) is 83.5 cm³/mol. The number of amides is 2. The minimum absolute atomic E-state index is 0.112. The van der Waals surface area contributed by atoms with E-state index in [-0.39, 0.29) is 24.7 Å². The van der Waals surface area contributed by atoms with E-state index < -0.39 is 11.7 Å². The van der Waals surface area contributed by atoms with Crippen molar-refractivity contribution in [3.05, 3.63) is 30.1 Å². The molecule has 1 aliphatic heterocycles. The molecule has 124 valence electrons. The van der Waals surface area contributed by atoms with Crippen molar-refractivity contribution in [2.75, 3.05) is 37.6 Å². The molecule has 0 aromatic heterocycles. The van der Waals surface area contributed by atoms with Gasteiger partial charge in [-0.15, -0.1) is 0 Å². The standard InChI is InChI=1S/C16H20FN3O3/c1-2-14(21)16(23)18-11-15(22)20-9-7-19(8-10-20)13-6-4-3-5-12(13)17/h3-6H,2,7-11H2,1H3,(H,18,23). The molecule has 0 saturated carbocycles. The number of hydrogen-bond acceptors (Lipinski definition) is 4. The van der Waals surface area contributed by atoms with Crippen LogP contribution in [0.4, 0.5) is 10.1 Å². The highest BCUT2D eigenvalue weighted by molar-refractivity contribution is 6.36. The minimum Gasteiger partial charge on any atom is -0.366 e. The molecule has 1 aromatic rings.